The minimum atomic E-state index is -0.146. The van der Waals surface area contributed by atoms with Crippen LogP contribution in [-0.2, 0) is 0 Å². The first-order valence-electron chi connectivity index (χ1n) is 6.05. The number of aliphatic hydroxyl groups is 1. The Morgan fingerprint density at radius 2 is 2.00 bits per heavy atom. The van der Waals surface area contributed by atoms with Gasteiger partial charge in [-0.15, -0.1) is 0 Å². The second-order valence-corrected chi connectivity index (χ2v) is 5.60. The van der Waals surface area contributed by atoms with Gasteiger partial charge in [0.1, 0.15) is 0 Å². The SMILES string of the molecule is C[C@@]12CCCCC1C(N)CC(O)CC2. The molecule has 0 aliphatic heterocycles. The average Bonchev–Trinajstić information content (AvgIpc) is 2.25. The molecule has 0 saturated heterocycles. The van der Waals surface area contributed by atoms with Gasteiger partial charge < -0.3 is 10.8 Å². The van der Waals surface area contributed by atoms with Crippen molar-refractivity contribution in [2.24, 2.45) is 17.1 Å². The van der Waals surface area contributed by atoms with Crippen molar-refractivity contribution in [1.82, 2.24) is 0 Å². The highest BCUT2D eigenvalue weighted by molar-refractivity contribution is 4.95. The van der Waals surface area contributed by atoms with E-state index in [0.717, 1.165) is 12.8 Å². The Morgan fingerprint density at radius 1 is 1.21 bits per heavy atom. The van der Waals surface area contributed by atoms with Gasteiger partial charge in [-0.3, -0.25) is 0 Å². The van der Waals surface area contributed by atoms with Crippen LogP contribution in [0.2, 0.25) is 0 Å². The van der Waals surface area contributed by atoms with E-state index in [1.807, 2.05) is 0 Å². The summed E-state index contributed by atoms with van der Waals surface area (Å²) < 4.78 is 0. The van der Waals surface area contributed by atoms with Gasteiger partial charge in [0, 0.05) is 6.04 Å². The van der Waals surface area contributed by atoms with Crippen molar-refractivity contribution in [2.45, 2.75) is 64.0 Å². The van der Waals surface area contributed by atoms with Crippen LogP contribution in [0, 0.1) is 11.3 Å². The second kappa shape index (κ2) is 3.82. The normalized spacial score (nSPS) is 49.5. The summed E-state index contributed by atoms with van der Waals surface area (Å²) in [4.78, 5) is 0. The van der Waals surface area contributed by atoms with Gasteiger partial charge >= 0.3 is 0 Å². The Morgan fingerprint density at radius 3 is 2.79 bits per heavy atom. The van der Waals surface area contributed by atoms with Crippen molar-refractivity contribution in [3.05, 3.63) is 0 Å². The molecule has 0 heterocycles. The van der Waals surface area contributed by atoms with Gasteiger partial charge in [-0.25, -0.2) is 0 Å². The highest BCUT2D eigenvalue weighted by atomic mass is 16.3. The molecule has 2 saturated carbocycles. The van der Waals surface area contributed by atoms with Crippen LogP contribution in [0.3, 0.4) is 0 Å². The molecule has 0 bridgehead atoms. The topological polar surface area (TPSA) is 46.2 Å². The third kappa shape index (κ3) is 1.82. The zero-order valence-corrected chi connectivity index (χ0v) is 9.21. The van der Waals surface area contributed by atoms with Crippen LogP contribution in [-0.4, -0.2) is 17.3 Å². The number of hydrogen-bond donors (Lipinski definition) is 2. The van der Waals surface area contributed by atoms with Crippen molar-refractivity contribution in [3.63, 3.8) is 0 Å². The maximum atomic E-state index is 9.74. The Balaban J connectivity index is 2.15. The van der Waals surface area contributed by atoms with Crippen LogP contribution in [0.25, 0.3) is 0 Å². The fourth-order valence-electron chi connectivity index (χ4n) is 3.56. The molecular formula is C12H23NO. The molecular weight excluding hydrogens is 174 g/mol. The van der Waals surface area contributed by atoms with E-state index < -0.39 is 0 Å². The predicted molar refractivity (Wildman–Crippen MR) is 57.9 cm³/mol. The van der Waals surface area contributed by atoms with E-state index in [-0.39, 0.29) is 12.1 Å². The van der Waals surface area contributed by atoms with Crippen molar-refractivity contribution in [1.29, 1.82) is 0 Å². The predicted octanol–water partition coefficient (Wildman–Crippen LogP) is 2.05. The molecule has 2 nitrogen and oxygen atoms in total. The Labute approximate surface area is 86.9 Å². The molecule has 2 rings (SSSR count). The number of fused-ring (bicyclic) bond motifs is 1. The maximum absolute atomic E-state index is 9.74. The third-order valence-electron chi connectivity index (χ3n) is 4.52. The van der Waals surface area contributed by atoms with Crippen LogP contribution in [0.1, 0.15) is 51.9 Å². The van der Waals surface area contributed by atoms with Gasteiger partial charge in [0.05, 0.1) is 6.10 Å². The van der Waals surface area contributed by atoms with E-state index in [9.17, 15) is 5.11 Å². The Bertz CT molecular complexity index is 206. The summed E-state index contributed by atoms with van der Waals surface area (Å²) in [5.74, 6) is 0.661. The van der Waals surface area contributed by atoms with Crippen LogP contribution in [0.15, 0.2) is 0 Å². The van der Waals surface area contributed by atoms with E-state index in [1.165, 1.54) is 32.1 Å². The molecule has 0 radical (unpaired) electrons. The van der Waals surface area contributed by atoms with Crippen LogP contribution >= 0.6 is 0 Å². The van der Waals surface area contributed by atoms with Crippen molar-refractivity contribution in [3.8, 4) is 0 Å². The zero-order valence-electron chi connectivity index (χ0n) is 9.21. The summed E-state index contributed by atoms with van der Waals surface area (Å²) in [5.41, 5.74) is 6.63. The maximum Gasteiger partial charge on any atom is 0.0555 e. The van der Waals surface area contributed by atoms with E-state index in [1.54, 1.807) is 0 Å². The summed E-state index contributed by atoms with van der Waals surface area (Å²) in [6, 6.07) is 0.234. The smallest absolute Gasteiger partial charge is 0.0555 e. The van der Waals surface area contributed by atoms with Crippen LogP contribution in [0.5, 0.6) is 0 Å². The fourth-order valence-corrected chi connectivity index (χ4v) is 3.56. The first-order valence-corrected chi connectivity index (χ1v) is 6.05. The van der Waals surface area contributed by atoms with E-state index in [4.69, 9.17) is 5.73 Å². The average molecular weight is 197 g/mol. The summed E-state index contributed by atoms with van der Waals surface area (Å²) in [6.45, 7) is 2.38. The lowest BCUT2D eigenvalue weighted by Gasteiger charge is -2.43. The molecule has 3 N–H and O–H groups in total. The number of aliphatic hydroxyl groups excluding tert-OH is 1. The van der Waals surface area contributed by atoms with Gasteiger partial charge in [0.25, 0.3) is 0 Å². The van der Waals surface area contributed by atoms with E-state index >= 15 is 0 Å². The molecule has 0 aromatic heterocycles. The van der Waals surface area contributed by atoms with E-state index in [2.05, 4.69) is 6.92 Å². The molecule has 82 valence electrons. The quantitative estimate of drug-likeness (QED) is 0.624. The van der Waals surface area contributed by atoms with Crippen molar-refractivity contribution < 1.29 is 5.11 Å². The summed E-state index contributed by atoms with van der Waals surface area (Å²) in [5, 5.41) is 9.74. The standard InChI is InChI=1S/C12H23NO/c1-12-6-3-2-4-10(12)11(13)8-9(14)5-7-12/h9-11,14H,2-8,13H2,1H3/t9?,10?,11?,12-/m0/s1. The minimum absolute atomic E-state index is 0.146. The largest absolute Gasteiger partial charge is 0.393 e. The first-order chi connectivity index (χ1) is 6.62. The van der Waals surface area contributed by atoms with Gasteiger partial charge in [0.2, 0.25) is 0 Å². The van der Waals surface area contributed by atoms with Gasteiger partial charge in [0.15, 0.2) is 0 Å². The highest BCUT2D eigenvalue weighted by Gasteiger charge is 2.42. The summed E-state index contributed by atoms with van der Waals surface area (Å²) >= 11 is 0. The molecule has 4 atom stereocenters. The molecule has 14 heavy (non-hydrogen) atoms. The molecule has 0 amide bonds. The van der Waals surface area contributed by atoms with E-state index in [0.29, 0.717) is 11.3 Å². The Kier molecular flexibility index (Phi) is 2.85. The van der Waals surface area contributed by atoms with Crippen LogP contribution < -0.4 is 5.73 Å². The molecule has 3 unspecified atom stereocenters. The lowest BCUT2D eigenvalue weighted by molar-refractivity contribution is 0.0923. The molecule has 2 fully saturated rings. The second-order valence-electron chi connectivity index (χ2n) is 5.60. The summed E-state index contributed by atoms with van der Waals surface area (Å²) in [7, 11) is 0. The molecule has 0 spiro atoms. The monoisotopic (exact) mass is 197 g/mol. The minimum Gasteiger partial charge on any atom is -0.393 e. The number of nitrogens with two attached hydrogens (primary N) is 1. The number of rotatable bonds is 0. The number of hydrogen-bond acceptors (Lipinski definition) is 2. The summed E-state index contributed by atoms with van der Waals surface area (Å²) in [6.07, 6.45) is 8.10. The lowest BCUT2D eigenvalue weighted by Crippen LogP contribution is -2.42. The van der Waals surface area contributed by atoms with Gasteiger partial charge in [-0.1, -0.05) is 19.8 Å². The molecule has 2 heteroatoms. The Hall–Kier alpha value is -0.0800. The fraction of sp³-hybridized carbons (Fsp3) is 1.00. The molecule has 2 aliphatic rings. The van der Waals surface area contributed by atoms with Gasteiger partial charge in [-0.05, 0) is 43.4 Å². The van der Waals surface area contributed by atoms with Crippen molar-refractivity contribution >= 4 is 0 Å². The first kappa shape index (κ1) is 10.4. The third-order valence-corrected chi connectivity index (χ3v) is 4.52. The molecule has 0 aromatic carbocycles. The molecule has 0 aromatic rings. The molecule has 2 aliphatic carbocycles. The van der Waals surface area contributed by atoms with Gasteiger partial charge in [-0.2, -0.15) is 0 Å². The highest BCUT2D eigenvalue weighted by Crippen LogP contribution is 2.48. The van der Waals surface area contributed by atoms with Crippen molar-refractivity contribution in [2.75, 3.05) is 0 Å². The lowest BCUT2D eigenvalue weighted by atomic mass is 9.64. The van der Waals surface area contributed by atoms with Crippen LogP contribution in [0.4, 0.5) is 0 Å². The zero-order chi connectivity index (χ0) is 10.2.